The van der Waals surface area contributed by atoms with Gasteiger partial charge in [0.05, 0.1) is 11.7 Å². The smallest absolute Gasteiger partial charge is 0.0622 e. The third-order valence-electron chi connectivity index (χ3n) is 13.5. The molecule has 5 aliphatic rings. The molecule has 0 radical (unpaired) electrons. The average molecular weight is 445 g/mol. The van der Waals surface area contributed by atoms with Crippen molar-refractivity contribution in [1.82, 2.24) is 0 Å². The Labute approximate surface area is 198 Å². The molecule has 0 amide bonds. The van der Waals surface area contributed by atoms with Gasteiger partial charge in [-0.1, -0.05) is 48.0 Å². The fourth-order valence-electron chi connectivity index (χ4n) is 12.3. The van der Waals surface area contributed by atoms with Crippen LogP contribution in [0.25, 0.3) is 0 Å². The van der Waals surface area contributed by atoms with Crippen LogP contribution in [0.2, 0.25) is 0 Å². The third kappa shape index (κ3) is 2.78. The SMILES string of the molecule is CC(C)(O)[C@H]1CC[C@]2(C)[C@H]3CC[C@@H]4[C@@]5(C)CCCC(C)(C)[C@@H]5C(O)C[C@@]4(C)[C@]3(C)CC[C@@H]12. The molecule has 0 bridgehead atoms. The summed E-state index contributed by atoms with van der Waals surface area (Å²) in [6.45, 7) is 19.4. The summed E-state index contributed by atoms with van der Waals surface area (Å²) < 4.78 is 0. The number of hydrogen-bond donors (Lipinski definition) is 2. The van der Waals surface area contributed by atoms with Crippen molar-refractivity contribution in [2.24, 2.45) is 56.7 Å². The van der Waals surface area contributed by atoms with Gasteiger partial charge in [0.1, 0.15) is 0 Å². The molecule has 0 spiro atoms. The van der Waals surface area contributed by atoms with Crippen LogP contribution in [0.3, 0.4) is 0 Å². The van der Waals surface area contributed by atoms with Crippen LogP contribution in [0, 0.1) is 56.7 Å². The van der Waals surface area contributed by atoms with Gasteiger partial charge in [-0.05, 0) is 128 Å². The maximum absolute atomic E-state index is 11.8. The summed E-state index contributed by atoms with van der Waals surface area (Å²) in [6.07, 6.45) is 12.5. The molecule has 32 heavy (non-hydrogen) atoms. The molecule has 0 aromatic heterocycles. The molecule has 0 aliphatic heterocycles. The first-order chi connectivity index (χ1) is 14.6. The van der Waals surface area contributed by atoms with Gasteiger partial charge in [-0.3, -0.25) is 0 Å². The van der Waals surface area contributed by atoms with E-state index in [0.717, 1.165) is 18.3 Å². The van der Waals surface area contributed by atoms with Crippen LogP contribution < -0.4 is 0 Å². The van der Waals surface area contributed by atoms with Gasteiger partial charge in [-0.25, -0.2) is 0 Å². The summed E-state index contributed by atoms with van der Waals surface area (Å²) in [5, 5.41) is 22.8. The topological polar surface area (TPSA) is 40.5 Å². The van der Waals surface area contributed by atoms with Gasteiger partial charge < -0.3 is 10.2 Å². The normalized spacial score (nSPS) is 57.2. The number of rotatable bonds is 1. The van der Waals surface area contributed by atoms with Crippen molar-refractivity contribution < 1.29 is 10.2 Å². The van der Waals surface area contributed by atoms with E-state index in [1.165, 1.54) is 57.8 Å². The second-order valence-corrected chi connectivity index (χ2v) is 15.6. The number of fused-ring (bicyclic) bond motifs is 7. The fraction of sp³-hybridized carbons (Fsp3) is 1.00. The summed E-state index contributed by atoms with van der Waals surface area (Å²) in [5.41, 5.74) is 0.819. The zero-order valence-corrected chi connectivity index (χ0v) is 22.4. The van der Waals surface area contributed by atoms with Gasteiger partial charge in [0.2, 0.25) is 0 Å². The lowest BCUT2D eigenvalue weighted by molar-refractivity contribution is -0.268. The molecule has 2 N–H and O–H groups in total. The molecular weight excluding hydrogens is 392 g/mol. The van der Waals surface area contributed by atoms with E-state index in [0.29, 0.717) is 28.6 Å². The van der Waals surface area contributed by atoms with Crippen LogP contribution >= 0.6 is 0 Å². The Morgan fingerprint density at radius 1 is 0.719 bits per heavy atom. The molecule has 0 heterocycles. The molecule has 5 fully saturated rings. The van der Waals surface area contributed by atoms with Crippen molar-refractivity contribution in [2.45, 2.75) is 131 Å². The van der Waals surface area contributed by atoms with Crippen molar-refractivity contribution in [3.63, 3.8) is 0 Å². The Morgan fingerprint density at radius 2 is 1.34 bits per heavy atom. The Kier molecular flexibility index (Phi) is 5.01. The van der Waals surface area contributed by atoms with Crippen molar-refractivity contribution in [3.05, 3.63) is 0 Å². The van der Waals surface area contributed by atoms with Gasteiger partial charge in [0, 0.05) is 0 Å². The molecule has 5 rings (SSSR count). The minimum atomic E-state index is -0.563. The van der Waals surface area contributed by atoms with Gasteiger partial charge in [-0.15, -0.1) is 0 Å². The molecule has 184 valence electrons. The second kappa shape index (κ2) is 6.77. The highest BCUT2D eigenvalue weighted by molar-refractivity contribution is 5.20. The Balaban J connectivity index is 1.54. The van der Waals surface area contributed by atoms with Crippen LogP contribution in [0.15, 0.2) is 0 Å². The van der Waals surface area contributed by atoms with Gasteiger partial charge >= 0.3 is 0 Å². The molecular formula is C30H52O2. The van der Waals surface area contributed by atoms with Crippen molar-refractivity contribution in [1.29, 1.82) is 0 Å². The first-order valence-corrected chi connectivity index (χ1v) is 14.0. The Hall–Kier alpha value is -0.0800. The van der Waals surface area contributed by atoms with E-state index in [-0.39, 0.29) is 22.3 Å². The predicted octanol–water partition coefficient (Wildman–Crippen LogP) is 7.22. The maximum Gasteiger partial charge on any atom is 0.0622 e. The molecule has 0 aromatic rings. The van der Waals surface area contributed by atoms with E-state index in [1.807, 2.05) is 0 Å². The van der Waals surface area contributed by atoms with Crippen LogP contribution in [-0.4, -0.2) is 21.9 Å². The highest BCUT2D eigenvalue weighted by Gasteiger charge is 2.72. The lowest BCUT2D eigenvalue weighted by Gasteiger charge is -2.73. The minimum absolute atomic E-state index is 0.162. The predicted molar refractivity (Wildman–Crippen MR) is 132 cm³/mol. The average Bonchev–Trinajstić information content (AvgIpc) is 2.98. The molecule has 5 saturated carbocycles. The van der Waals surface area contributed by atoms with Gasteiger partial charge in [-0.2, -0.15) is 0 Å². The standard InChI is InChI=1S/C30H52O2/c1-25(2)14-9-15-28(6)23-11-10-22-27(5)16-12-19(26(3,4)32)20(27)13-17-29(22,7)30(23,8)18-21(31)24(25)28/h19-24,31-32H,9-18H2,1-8H3/t19-,20-,21?,22+,23+,24-,27-,28+,29+,30+/m0/s1. The first-order valence-electron chi connectivity index (χ1n) is 14.0. The van der Waals surface area contributed by atoms with E-state index in [9.17, 15) is 10.2 Å². The summed E-state index contributed by atoms with van der Waals surface area (Å²) >= 11 is 0. The minimum Gasteiger partial charge on any atom is -0.393 e. The molecule has 2 heteroatoms. The lowest BCUT2D eigenvalue weighted by Crippen LogP contribution is -2.68. The Morgan fingerprint density at radius 3 is 1.97 bits per heavy atom. The van der Waals surface area contributed by atoms with E-state index in [1.54, 1.807) is 0 Å². The molecule has 2 nitrogen and oxygen atoms in total. The third-order valence-corrected chi connectivity index (χ3v) is 13.5. The fourth-order valence-corrected chi connectivity index (χ4v) is 12.3. The van der Waals surface area contributed by atoms with E-state index >= 15 is 0 Å². The monoisotopic (exact) mass is 444 g/mol. The Bertz CT molecular complexity index is 765. The molecule has 0 aromatic carbocycles. The molecule has 10 atom stereocenters. The van der Waals surface area contributed by atoms with Gasteiger partial charge in [0.15, 0.2) is 0 Å². The number of aliphatic hydroxyl groups is 2. The molecule has 5 aliphatic carbocycles. The number of hydrogen-bond acceptors (Lipinski definition) is 2. The summed E-state index contributed by atoms with van der Waals surface area (Å²) in [5.74, 6) is 3.01. The second-order valence-electron chi connectivity index (χ2n) is 15.6. The van der Waals surface area contributed by atoms with Crippen molar-refractivity contribution >= 4 is 0 Å². The van der Waals surface area contributed by atoms with Crippen LogP contribution in [-0.2, 0) is 0 Å². The summed E-state index contributed by atoms with van der Waals surface area (Å²) in [4.78, 5) is 0. The largest absolute Gasteiger partial charge is 0.393 e. The zero-order valence-electron chi connectivity index (χ0n) is 22.4. The zero-order chi connectivity index (χ0) is 23.5. The maximum atomic E-state index is 11.8. The van der Waals surface area contributed by atoms with Gasteiger partial charge in [0.25, 0.3) is 0 Å². The molecule has 0 saturated heterocycles. The first kappa shape index (κ1) is 23.7. The highest BCUT2D eigenvalue weighted by Crippen LogP contribution is 2.78. The van der Waals surface area contributed by atoms with Crippen molar-refractivity contribution in [2.75, 3.05) is 0 Å². The van der Waals surface area contributed by atoms with Crippen LogP contribution in [0.5, 0.6) is 0 Å². The quantitative estimate of drug-likeness (QED) is 0.448. The highest BCUT2D eigenvalue weighted by atomic mass is 16.3. The number of aliphatic hydroxyl groups excluding tert-OH is 1. The van der Waals surface area contributed by atoms with E-state index in [4.69, 9.17) is 0 Å². The molecule has 1 unspecified atom stereocenters. The van der Waals surface area contributed by atoms with E-state index < -0.39 is 5.60 Å². The summed E-state index contributed by atoms with van der Waals surface area (Å²) in [6, 6.07) is 0. The van der Waals surface area contributed by atoms with E-state index in [2.05, 4.69) is 55.4 Å². The van der Waals surface area contributed by atoms with Crippen LogP contribution in [0.1, 0.15) is 120 Å². The van der Waals surface area contributed by atoms with Crippen molar-refractivity contribution in [3.8, 4) is 0 Å². The lowest BCUT2D eigenvalue weighted by atomic mass is 9.31. The van der Waals surface area contributed by atoms with Crippen LogP contribution in [0.4, 0.5) is 0 Å². The summed E-state index contributed by atoms with van der Waals surface area (Å²) in [7, 11) is 0.